The first-order chi connectivity index (χ1) is 7.11. The maximum Gasteiger partial charge on any atom is 0.378 e. The molecule has 2 unspecified atom stereocenters. The lowest BCUT2D eigenvalue weighted by Crippen LogP contribution is -2.31. The topological polar surface area (TPSA) is 96.2 Å². The summed E-state index contributed by atoms with van der Waals surface area (Å²) in [6.45, 7) is 1.51. The van der Waals surface area contributed by atoms with E-state index in [0.717, 1.165) is 0 Å². The predicted molar refractivity (Wildman–Crippen MR) is 48.9 cm³/mol. The first-order valence-corrected chi connectivity index (χ1v) is 4.67. The highest BCUT2D eigenvalue weighted by molar-refractivity contribution is 5.89. The molecule has 0 saturated heterocycles. The molecule has 0 aromatic rings. The molecular formula is C9H14O6. The Morgan fingerprint density at radius 2 is 2.27 bits per heavy atom. The van der Waals surface area contributed by atoms with Crippen LogP contribution in [0.4, 0.5) is 0 Å². The molecule has 3 N–H and O–H groups in total. The molecule has 2 atom stereocenters. The third kappa shape index (κ3) is 2.40. The molecule has 15 heavy (non-hydrogen) atoms. The number of rotatable bonds is 5. The monoisotopic (exact) mass is 218 g/mol. The number of aliphatic hydroxyl groups is 3. The summed E-state index contributed by atoms with van der Waals surface area (Å²) >= 11 is 0. The van der Waals surface area contributed by atoms with Crippen molar-refractivity contribution in [2.24, 2.45) is 0 Å². The lowest BCUT2D eigenvalue weighted by Gasteiger charge is -2.13. The van der Waals surface area contributed by atoms with Crippen molar-refractivity contribution in [2.75, 3.05) is 13.2 Å². The second-order valence-electron chi connectivity index (χ2n) is 3.14. The molecule has 86 valence electrons. The van der Waals surface area contributed by atoms with Gasteiger partial charge in [0.05, 0.1) is 13.2 Å². The minimum Gasteiger partial charge on any atom is -0.505 e. The Labute approximate surface area is 86.7 Å². The molecule has 1 aliphatic heterocycles. The molecule has 0 aromatic carbocycles. The van der Waals surface area contributed by atoms with Crippen LogP contribution in [0, 0.1) is 0 Å². The van der Waals surface area contributed by atoms with Crippen LogP contribution in [0.5, 0.6) is 0 Å². The minimum absolute atomic E-state index is 0.274. The van der Waals surface area contributed by atoms with Gasteiger partial charge in [0.15, 0.2) is 11.9 Å². The van der Waals surface area contributed by atoms with E-state index in [-0.39, 0.29) is 12.4 Å². The van der Waals surface area contributed by atoms with E-state index in [1.165, 1.54) is 0 Å². The van der Waals surface area contributed by atoms with E-state index in [0.29, 0.717) is 6.42 Å². The third-order valence-corrected chi connectivity index (χ3v) is 1.91. The van der Waals surface area contributed by atoms with E-state index in [4.69, 9.17) is 9.84 Å². The highest BCUT2D eigenvalue weighted by Crippen LogP contribution is 2.23. The van der Waals surface area contributed by atoms with Crippen molar-refractivity contribution in [3.05, 3.63) is 11.5 Å². The highest BCUT2D eigenvalue weighted by atomic mass is 16.6. The Hall–Kier alpha value is -1.27. The Balaban J connectivity index is 2.74. The molecule has 0 aromatic heterocycles. The predicted octanol–water partition coefficient (Wildman–Crippen LogP) is -0.539. The maximum absolute atomic E-state index is 11.2. The Kier molecular flexibility index (Phi) is 3.93. The van der Waals surface area contributed by atoms with E-state index in [9.17, 15) is 15.0 Å². The van der Waals surface area contributed by atoms with Gasteiger partial charge in [-0.15, -0.1) is 0 Å². The van der Waals surface area contributed by atoms with Crippen LogP contribution in [0.1, 0.15) is 13.3 Å². The minimum atomic E-state index is -1.34. The highest BCUT2D eigenvalue weighted by Gasteiger charge is 2.40. The summed E-state index contributed by atoms with van der Waals surface area (Å²) in [5.41, 5.74) is 0. The number of hydrogen-bond donors (Lipinski definition) is 3. The van der Waals surface area contributed by atoms with Gasteiger partial charge in [0.2, 0.25) is 5.76 Å². The van der Waals surface area contributed by atoms with E-state index < -0.39 is 30.5 Å². The number of carbonyl (C=O) groups excluding carboxylic acids is 1. The van der Waals surface area contributed by atoms with Crippen molar-refractivity contribution in [3.8, 4) is 0 Å². The summed E-state index contributed by atoms with van der Waals surface area (Å²) in [5, 5.41) is 27.3. The second kappa shape index (κ2) is 4.99. The van der Waals surface area contributed by atoms with Crippen LogP contribution < -0.4 is 0 Å². The van der Waals surface area contributed by atoms with Crippen molar-refractivity contribution < 1.29 is 29.6 Å². The normalized spacial score (nSPS) is 22.9. The Bertz CT molecular complexity index is 272. The largest absolute Gasteiger partial charge is 0.505 e. The van der Waals surface area contributed by atoms with Gasteiger partial charge in [0.1, 0.15) is 6.10 Å². The van der Waals surface area contributed by atoms with Gasteiger partial charge in [-0.3, -0.25) is 0 Å². The lowest BCUT2D eigenvalue weighted by molar-refractivity contribution is -0.148. The summed E-state index contributed by atoms with van der Waals surface area (Å²) in [5.74, 6) is -1.57. The maximum atomic E-state index is 11.2. The van der Waals surface area contributed by atoms with Crippen molar-refractivity contribution >= 4 is 5.97 Å². The molecule has 6 heteroatoms. The first kappa shape index (κ1) is 11.8. The van der Waals surface area contributed by atoms with Gasteiger partial charge in [-0.1, -0.05) is 6.92 Å². The lowest BCUT2D eigenvalue weighted by atomic mass is 10.2. The van der Waals surface area contributed by atoms with Crippen LogP contribution in [0.3, 0.4) is 0 Å². The Morgan fingerprint density at radius 3 is 2.80 bits per heavy atom. The van der Waals surface area contributed by atoms with Gasteiger partial charge in [-0.25, -0.2) is 4.79 Å². The fraction of sp³-hybridized carbons (Fsp3) is 0.667. The number of esters is 1. The van der Waals surface area contributed by atoms with Gasteiger partial charge >= 0.3 is 5.97 Å². The van der Waals surface area contributed by atoms with Crippen LogP contribution in [0.2, 0.25) is 0 Å². The number of carbonyl (C=O) groups is 1. The zero-order valence-corrected chi connectivity index (χ0v) is 8.34. The molecule has 0 radical (unpaired) electrons. The molecule has 0 saturated carbocycles. The zero-order chi connectivity index (χ0) is 11.4. The molecule has 0 fully saturated rings. The number of aliphatic hydroxyl groups excluding tert-OH is 3. The van der Waals surface area contributed by atoms with Crippen LogP contribution >= 0.6 is 0 Å². The van der Waals surface area contributed by atoms with Gasteiger partial charge in [-0.2, -0.15) is 0 Å². The molecule has 1 rings (SSSR count). The summed E-state index contributed by atoms with van der Waals surface area (Å²) < 4.78 is 9.60. The van der Waals surface area contributed by atoms with Crippen LogP contribution in [0.15, 0.2) is 11.5 Å². The molecule has 0 spiro atoms. The molecule has 6 nitrogen and oxygen atoms in total. The van der Waals surface area contributed by atoms with Crippen molar-refractivity contribution in [3.63, 3.8) is 0 Å². The smallest absolute Gasteiger partial charge is 0.378 e. The van der Waals surface area contributed by atoms with Gasteiger partial charge in [-0.05, 0) is 6.42 Å². The zero-order valence-electron chi connectivity index (χ0n) is 8.34. The number of hydrogen-bond acceptors (Lipinski definition) is 6. The van der Waals surface area contributed by atoms with Crippen molar-refractivity contribution in [2.45, 2.75) is 25.6 Å². The standard InChI is InChI=1S/C9H14O6/c1-2-3-14-8-6(12)7(5(11)4-10)15-9(8)13/h5,7,10-12H,2-4H2,1H3. The number of ether oxygens (including phenoxy) is 2. The van der Waals surface area contributed by atoms with E-state index >= 15 is 0 Å². The van der Waals surface area contributed by atoms with Crippen LogP contribution in [-0.4, -0.2) is 46.7 Å². The average Bonchev–Trinajstić information content (AvgIpc) is 2.51. The second-order valence-corrected chi connectivity index (χ2v) is 3.14. The molecule has 1 heterocycles. The summed E-state index contributed by atoms with van der Waals surface area (Å²) in [6, 6.07) is 0. The summed E-state index contributed by atoms with van der Waals surface area (Å²) in [6.07, 6.45) is -1.89. The number of cyclic esters (lactones) is 1. The van der Waals surface area contributed by atoms with E-state index in [1.807, 2.05) is 6.92 Å². The van der Waals surface area contributed by atoms with Crippen LogP contribution in [0.25, 0.3) is 0 Å². The average molecular weight is 218 g/mol. The Morgan fingerprint density at radius 1 is 1.60 bits per heavy atom. The van der Waals surface area contributed by atoms with Gasteiger partial charge < -0.3 is 24.8 Å². The van der Waals surface area contributed by atoms with E-state index in [1.54, 1.807) is 0 Å². The molecule has 0 amide bonds. The molecule has 0 aliphatic carbocycles. The quantitative estimate of drug-likeness (QED) is 0.536. The van der Waals surface area contributed by atoms with E-state index in [2.05, 4.69) is 4.74 Å². The third-order valence-electron chi connectivity index (χ3n) is 1.91. The van der Waals surface area contributed by atoms with Gasteiger partial charge in [0.25, 0.3) is 0 Å². The molecular weight excluding hydrogens is 204 g/mol. The SMILES string of the molecule is CCCOC1=C(O)C(C(O)CO)OC1=O. The van der Waals surface area contributed by atoms with Crippen LogP contribution in [-0.2, 0) is 14.3 Å². The molecule has 1 aliphatic rings. The fourth-order valence-electron chi connectivity index (χ4n) is 1.15. The molecule has 0 bridgehead atoms. The fourth-order valence-corrected chi connectivity index (χ4v) is 1.15. The van der Waals surface area contributed by atoms with Gasteiger partial charge in [0, 0.05) is 0 Å². The van der Waals surface area contributed by atoms with Crippen molar-refractivity contribution in [1.29, 1.82) is 0 Å². The summed E-state index contributed by atoms with van der Waals surface area (Å²) in [7, 11) is 0. The summed E-state index contributed by atoms with van der Waals surface area (Å²) in [4.78, 5) is 11.2. The first-order valence-electron chi connectivity index (χ1n) is 4.67. The van der Waals surface area contributed by atoms with Crippen molar-refractivity contribution in [1.82, 2.24) is 0 Å².